The molecular formula is C20H29NO3S. The smallest absolute Gasteiger partial charge is 0.303 e. The fourth-order valence-electron chi connectivity index (χ4n) is 2.48. The van der Waals surface area contributed by atoms with Gasteiger partial charge in [0.2, 0.25) is 0 Å². The van der Waals surface area contributed by atoms with Crippen molar-refractivity contribution in [2.24, 2.45) is 5.92 Å². The first-order chi connectivity index (χ1) is 11.8. The lowest BCUT2D eigenvalue weighted by Gasteiger charge is -2.16. The van der Waals surface area contributed by atoms with E-state index in [4.69, 9.17) is 4.74 Å². The molecule has 1 unspecified atom stereocenters. The van der Waals surface area contributed by atoms with Crippen molar-refractivity contribution in [2.75, 3.05) is 0 Å². The number of hydrogen-bond donors (Lipinski definition) is 0. The lowest BCUT2D eigenvalue weighted by atomic mass is 10.0. The van der Waals surface area contributed by atoms with E-state index >= 15 is 0 Å². The summed E-state index contributed by atoms with van der Waals surface area (Å²) in [5.41, 5.74) is 3.15. The Bertz CT molecular complexity index is 631. The first kappa shape index (κ1) is 21.3. The van der Waals surface area contributed by atoms with Crippen LogP contribution in [0, 0.1) is 12.8 Å². The normalized spacial score (nSPS) is 14.9. The molecule has 0 amide bonds. The maximum absolute atomic E-state index is 11.4. The monoisotopic (exact) mass is 363 g/mol. The Morgan fingerprint density at radius 1 is 1.36 bits per heavy atom. The lowest BCUT2D eigenvalue weighted by molar-refractivity contribution is -0.144. The van der Waals surface area contributed by atoms with Crippen LogP contribution in [0.25, 0.3) is 6.08 Å². The predicted molar refractivity (Wildman–Crippen MR) is 104 cm³/mol. The standard InChI is InChI=1S/C20H29NO3S/c1-14(7-6-8-15(2)12-22)9-10-20(24-18(5)23)16(3)11-19-13-25-17(4)21-19/h9,11-13,15,20H,6-8,10H2,1-5H3/t15-,20?/m0/s1. The molecule has 5 heteroatoms. The Morgan fingerprint density at radius 2 is 2.08 bits per heavy atom. The summed E-state index contributed by atoms with van der Waals surface area (Å²) >= 11 is 1.60. The van der Waals surface area contributed by atoms with Crippen LogP contribution >= 0.6 is 11.3 Å². The molecule has 0 saturated heterocycles. The maximum Gasteiger partial charge on any atom is 0.303 e. The summed E-state index contributed by atoms with van der Waals surface area (Å²) in [6.07, 6.45) is 8.35. The number of carbonyl (C=O) groups is 2. The van der Waals surface area contributed by atoms with Crippen molar-refractivity contribution in [1.82, 2.24) is 4.98 Å². The third-order valence-electron chi connectivity index (χ3n) is 3.97. The van der Waals surface area contributed by atoms with Crippen LogP contribution in [0.2, 0.25) is 0 Å². The molecule has 1 aromatic heterocycles. The molecule has 25 heavy (non-hydrogen) atoms. The van der Waals surface area contributed by atoms with Gasteiger partial charge in [-0.25, -0.2) is 4.98 Å². The van der Waals surface area contributed by atoms with E-state index in [0.29, 0.717) is 6.42 Å². The molecule has 0 aliphatic carbocycles. The summed E-state index contributed by atoms with van der Waals surface area (Å²) in [6.45, 7) is 9.40. The van der Waals surface area contributed by atoms with Gasteiger partial charge < -0.3 is 9.53 Å². The largest absolute Gasteiger partial charge is 0.458 e. The summed E-state index contributed by atoms with van der Waals surface area (Å²) in [7, 11) is 0. The number of aryl methyl sites for hydroxylation is 1. The highest BCUT2D eigenvalue weighted by Gasteiger charge is 2.14. The molecule has 0 spiro atoms. The molecule has 2 atom stereocenters. The van der Waals surface area contributed by atoms with E-state index in [0.717, 1.165) is 41.8 Å². The number of allylic oxidation sites excluding steroid dienone is 1. The van der Waals surface area contributed by atoms with Crippen molar-refractivity contribution < 1.29 is 14.3 Å². The number of thiazole rings is 1. The van der Waals surface area contributed by atoms with Gasteiger partial charge in [0.15, 0.2) is 0 Å². The van der Waals surface area contributed by atoms with Gasteiger partial charge in [0, 0.05) is 24.6 Å². The van der Waals surface area contributed by atoms with Crippen LogP contribution in [0.1, 0.15) is 64.1 Å². The number of esters is 1. The molecule has 0 aromatic carbocycles. The van der Waals surface area contributed by atoms with Crippen LogP contribution in [0.15, 0.2) is 22.6 Å². The van der Waals surface area contributed by atoms with Crippen LogP contribution in [-0.4, -0.2) is 23.3 Å². The number of hydrogen-bond acceptors (Lipinski definition) is 5. The second-order valence-electron chi connectivity index (χ2n) is 6.57. The predicted octanol–water partition coefficient (Wildman–Crippen LogP) is 5.13. The van der Waals surface area contributed by atoms with E-state index < -0.39 is 0 Å². The van der Waals surface area contributed by atoms with Crippen LogP contribution in [-0.2, 0) is 14.3 Å². The molecule has 0 aliphatic rings. The van der Waals surface area contributed by atoms with Crippen LogP contribution in [0.5, 0.6) is 0 Å². The van der Waals surface area contributed by atoms with Gasteiger partial charge in [-0.3, -0.25) is 4.79 Å². The minimum Gasteiger partial charge on any atom is -0.458 e. The molecule has 1 aromatic rings. The zero-order valence-corrected chi connectivity index (χ0v) is 16.7. The molecule has 1 rings (SSSR count). The molecule has 0 aliphatic heterocycles. The van der Waals surface area contributed by atoms with Gasteiger partial charge in [-0.1, -0.05) is 18.6 Å². The average molecular weight is 364 g/mol. The van der Waals surface area contributed by atoms with Crippen molar-refractivity contribution >= 4 is 29.7 Å². The quantitative estimate of drug-likeness (QED) is 0.328. The van der Waals surface area contributed by atoms with E-state index in [1.165, 1.54) is 12.5 Å². The number of rotatable bonds is 10. The Morgan fingerprint density at radius 3 is 2.64 bits per heavy atom. The fraction of sp³-hybridized carbons (Fsp3) is 0.550. The number of carbonyl (C=O) groups excluding carboxylic acids is 2. The van der Waals surface area contributed by atoms with Gasteiger partial charge in [-0.05, 0) is 51.7 Å². The fourth-order valence-corrected chi connectivity index (χ4v) is 3.05. The molecule has 0 radical (unpaired) electrons. The number of ether oxygens (including phenoxy) is 1. The Balaban J connectivity index is 2.68. The molecule has 1 heterocycles. The summed E-state index contributed by atoms with van der Waals surface area (Å²) in [5.74, 6) is -0.161. The molecule has 0 fully saturated rings. The minimum atomic E-state index is -0.280. The van der Waals surface area contributed by atoms with Gasteiger partial charge in [0.1, 0.15) is 12.4 Å². The van der Waals surface area contributed by atoms with Crippen molar-refractivity contribution in [3.05, 3.63) is 33.3 Å². The van der Waals surface area contributed by atoms with Gasteiger partial charge in [-0.2, -0.15) is 0 Å². The van der Waals surface area contributed by atoms with Crippen molar-refractivity contribution in [3.63, 3.8) is 0 Å². The molecule has 0 N–H and O–H groups in total. The molecule has 0 saturated carbocycles. The first-order valence-electron chi connectivity index (χ1n) is 8.70. The summed E-state index contributed by atoms with van der Waals surface area (Å²) in [4.78, 5) is 26.5. The third kappa shape index (κ3) is 8.77. The summed E-state index contributed by atoms with van der Waals surface area (Å²) in [5, 5.41) is 3.02. The molecule has 4 nitrogen and oxygen atoms in total. The van der Waals surface area contributed by atoms with Gasteiger partial charge >= 0.3 is 5.97 Å². The highest BCUT2D eigenvalue weighted by Crippen LogP contribution is 2.19. The molecule has 0 bridgehead atoms. The van der Waals surface area contributed by atoms with E-state index in [2.05, 4.69) is 18.0 Å². The molecule has 138 valence electrons. The number of aldehydes is 1. The van der Waals surface area contributed by atoms with Crippen molar-refractivity contribution in [3.8, 4) is 0 Å². The van der Waals surface area contributed by atoms with E-state index in [1.54, 1.807) is 11.3 Å². The molecular weight excluding hydrogens is 334 g/mol. The summed E-state index contributed by atoms with van der Waals surface area (Å²) < 4.78 is 5.48. The SMILES string of the molecule is CC(=O)OC(CC=C(C)CCC[C@H](C)C=O)C(C)=Cc1csc(C)n1. The zero-order chi connectivity index (χ0) is 18.8. The second-order valence-corrected chi connectivity index (χ2v) is 7.63. The number of nitrogens with zero attached hydrogens (tertiary/aromatic N) is 1. The van der Waals surface area contributed by atoms with Crippen molar-refractivity contribution in [2.45, 2.75) is 66.4 Å². The zero-order valence-electron chi connectivity index (χ0n) is 15.9. The van der Waals surface area contributed by atoms with Crippen LogP contribution in [0.4, 0.5) is 0 Å². The third-order valence-corrected chi connectivity index (χ3v) is 4.76. The lowest BCUT2D eigenvalue weighted by Crippen LogP contribution is -2.17. The van der Waals surface area contributed by atoms with E-state index in [-0.39, 0.29) is 18.0 Å². The average Bonchev–Trinajstić information content (AvgIpc) is 2.95. The van der Waals surface area contributed by atoms with Crippen LogP contribution in [0.3, 0.4) is 0 Å². The maximum atomic E-state index is 11.4. The summed E-state index contributed by atoms with van der Waals surface area (Å²) in [6, 6.07) is 0. The minimum absolute atomic E-state index is 0.119. The van der Waals surface area contributed by atoms with Gasteiger partial charge in [0.05, 0.1) is 10.7 Å². The Labute approximate surface area is 155 Å². The highest BCUT2D eigenvalue weighted by molar-refractivity contribution is 7.09. The Hall–Kier alpha value is -1.75. The van der Waals surface area contributed by atoms with Gasteiger partial charge in [0.25, 0.3) is 0 Å². The van der Waals surface area contributed by atoms with E-state index in [1.807, 2.05) is 32.2 Å². The van der Waals surface area contributed by atoms with E-state index in [9.17, 15) is 9.59 Å². The second kappa shape index (κ2) is 11.0. The topological polar surface area (TPSA) is 56.3 Å². The number of aromatic nitrogens is 1. The van der Waals surface area contributed by atoms with Crippen molar-refractivity contribution in [1.29, 1.82) is 0 Å². The highest BCUT2D eigenvalue weighted by atomic mass is 32.1. The Kier molecular flexibility index (Phi) is 9.35. The first-order valence-corrected chi connectivity index (χ1v) is 9.58. The van der Waals surface area contributed by atoms with Crippen LogP contribution < -0.4 is 0 Å². The van der Waals surface area contributed by atoms with Gasteiger partial charge in [-0.15, -0.1) is 11.3 Å².